The summed E-state index contributed by atoms with van der Waals surface area (Å²) in [6, 6.07) is 3.33. The second kappa shape index (κ2) is 6.01. The third-order valence-corrected chi connectivity index (χ3v) is 5.07. The lowest BCUT2D eigenvalue weighted by Gasteiger charge is -2.35. The van der Waals surface area contributed by atoms with E-state index in [1.807, 2.05) is 22.7 Å². The summed E-state index contributed by atoms with van der Waals surface area (Å²) in [5, 5.41) is 4.27. The monoisotopic (exact) mass is 309 g/mol. The van der Waals surface area contributed by atoms with Crippen LogP contribution >= 0.6 is 11.6 Å². The van der Waals surface area contributed by atoms with E-state index in [-0.39, 0.29) is 5.91 Å². The lowest BCUT2D eigenvalue weighted by molar-refractivity contribution is 0.0670. The number of nitrogens with one attached hydrogen (secondary N) is 1. The van der Waals surface area contributed by atoms with Gasteiger partial charge in [-0.2, -0.15) is 0 Å². The zero-order valence-corrected chi connectivity index (χ0v) is 13.6. The minimum absolute atomic E-state index is 0.0988. The molecule has 4 nitrogen and oxygen atoms in total. The smallest absolute Gasteiger partial charge is 0.270 e. The Morgan fingerprint density at radius 2 is 2.10 bits per heavy atom. The summed E-state index contributed by atoms with van der Waals surface area (Å²) in [5.74, 6) is 0.0988. The van der Waals surface area contributed by atoms with E-state index >= 15 is 0 Å². The van der Waals surface area contributed by atoms with Crippen LogP contribution in [0.1, 0.15) is 49.5 Å². The summed E-state index contributed by atoms with van der Waals surface area (Å²) >= 11 is 6.09. The van der Waals surface area contributed by atoms with Gasteiger partial charge in [0, 0.05) is 37.9 Å². The molecule has 2 saturated heterocycles. The number of carbonyl (C=O) groups is 1. The Bertz CT molecular complexity index is 516. The number of aryl methyl sites for hydroxylation is 1. The summed E-state index contributed by atoms with van der Waals surface area (Å²) in [5.41, 5.74) is 0.718. The van der Waals surface area contributed by atoms with Gasteiger partial charge < -0.3 is 14.8 Å². The molecule has 3 rings (SSSR count). The predicted octanol–water partition coefficient (Wildman–Crippen LogP) is 2.91. The SMILES string of the molecule is CCCn1cc(Cl)cc1C(=O)N(C)C1CC2CCC(C1)N2. The molecule has 2 aliphatic heterocycles. The van der Waals surface area contributed by atoms with Gasteiger partial charge in [-0.05, 0) is 38.2 Å². The van der Waals surface area contributed by atoms with Crippen molar-refractivity contribution >= 4 is 17.5 Å². The molecule has 0 spiro atoms. The summed E-state index contributed by atoms with van der Waals surface area (Å²) < 4.78 is 1.98. The van der Waals surface area contributed by atoms with E-state index in [0.29, 0.717) is 23.1 Å². The maximum atomic E-state index is 12.8. The Labute approximate surface area is 131 Å². The molecule has 2 bridgehead atoms. The van der Waals surface area contributed by atoms with E-state index in [1.165, 1.54) is 12.8 Å². The van der Waals surface area contributed by atoms with E-state index in [2.05, 4.69) is 12.2 Å². The Kier molecular flexibility index (Phi) is 4.27. The van der Waals surface area contributed by atoms with Crippen LogP contribution in [0.3, 0.4) is 0 Å². The van der Waals surface area contributed by atoms with E-state index in [1.54, 1.807) is 6.07 Å². The highest BCUT2D eigenvalue weighted by atomic mass is 35.5. The molecule has 3 heterocycles. The number of carbonyl (C=O) groups excluding carboxylic acids is 1. The highest BCUT2D eigenvalue weighted by Gasteiger charge is 2.36. The van der Waals surface area contributed by atoms with Crippen LogP contribution in [0.4, 0.5) is 0 Å². The van der Waals surface area contributed by atoms with Crippen LogP contribution in [0, 0.1) is 0 Å². The highest BCUT2D eigenvalue weighted by molar-refractivity contribution is 6.31. The standard InChI is InChI=1S/C16H24ClN3O/c1-3-6-20-10-11(17)7-15(20)16(21)19(2)14-8-12-4-5-13(9-14)18-12/h7,10,12-14,18H,3-6,8-9H2,1-2H3. The van der Waals surface area contributed by atoms with Crippen molar-refractivity contribution < 1.29 is 4.79 Å². The summed E-state index contributed by atoms with van der Waals surface area (Å²) in [7, 11) is 1.94. The number of nitrogens with zero attached hydrogens (tertiary/aromatic N) is 2. The molecule has 2 aliphatic rings. The van der Waals surface area contributed by atoms with E-state index in [0.717, 1.165) is 31.5 Å². The Morgan fingerprint density at radius 1 is 1.43 bits per heavy atom. The fourth-order valence-electron chi connectivity index (χ4n) is 3.77. The van der Waals surface area contributed by atoms with Crippen molar-refractivity contribution in [1.82, 2.24) is 14.8 Å². The molecule has 1 N–H and O–H groups in total. The van der Waals surface area contributed by atoms with Crippen LogP contribution in [0.5, 0.6) is 0 Å². The van der Waals surface area contributed by atoms with Crippen molar-refractivity contribution in [1.29, 1.82) is 0 Å². The Balaban J connectivity index is 1.75. The zero-order valence-electron chi connectivity index (χ0n) is 12.8. The molecule has 0 saturated carbocycles. The normalized spacial score (nSPS) is 27.9. The van der Waals surface area contributed by atoms with Crippen molar-refractivity contribution in [3.05, 3.63) is 23.0 Å². The minimum Gasteiger partial charge on any atom is -0.342 e. The van der Waals surface area contributed by atoms with Crippen LogP contribution < -0.4 is 5.32 Å². The van der Waals surface area contributed by atoms with E-state index < -0.39 is 0 Å². The van der Waals surface area contributed by atoms with Gasteiger partial charge in [0.15, 0.2) is 0 Å². The van der Waals surface area contributed by atoms with Gasteiger partial charge in [0.1, 0.15) is 5.69 Å². The van der Waals surface area contributed by atoms with Crippen LogP contribution in [0.2, 0.25) is 5.02 Å². The quantitative estimate of drug-likeness (QED) is 0.928. The number of aromatic nitrogens is 1. The second-order valence-corrected chi connectivity index (χ2v) is 6.85. The topological polar surface area (TPSA) is 37.3 Å². The van der Waals surface area contributed by atoms with Gasteiger partial charge in [-0.1, -0.05) is 18.5 Å². The maximum absolute atomic E-state index is 12.8. The van der Waals surface area contributed by atoms with Crippen molar-refractivity contribution in [3.8, 4) is 0 Å². The lowest BCUT2D eigenvalue weighted by Crippen LogP contribution is -2.49. The molecule has 2 fully saturated rings. The first-order valence-electron chi connectivity index (χ1n) is 7.97. The number of amides is 1. The summed E-state index contributed by atoms with van der Waals surface area (Å²) in [6.07, 6.45) is 7.50. The third kappa shape index (κ3) is 2.97. The first-order chi connectivity index (χ1) is 10.1. The van der Waals surface area contributed by atoms with Gasteiger partial charge in [0.2, 0.25) is 0 Å². The molecule has 0 aromatic carbocycles. The number of halogens is 1. The average molecular weight is 310 g/mol. The second-order valence-electron chi connectivity index (χ2n) is 6.42. The molecule has 1 aromatic heterocycles. The Morgan fingerprint density at radius 3 is 2.71 bits per heavy atom. The van der Waals surface area contributed by atoms with Crippen molar-refractivity contribution in [2.45, 2.75) is 63.7 Å². The van der Waals surface area contributed by atoms with Crippen molar-refractivity contribution in [2.75, 3.05) is 7.05 Å². The van der Waals surface area contributed by atoms with Crippen molar-refractivity contribution in [2.24, 2.45) is 0 Å². The summed E-state index contributed by atoms with van der Waals surface area (Å²) in [6.45, 7) is 2.94. The third-order valence-electron chi connectivity index (χ3n) is 4.86. The van der Waals surface area contributed by atoms with Crippen molar-refractivity contribution in [3.63, 3.8) is 0 Å². The van der Waals surface area contributed by atoms with Gasteiger partial charge in [-0.25, -0.2) is 0 Å². The number of fused-ring (bicyclic) bond motifs is 2. The van der Waals surface area contributed by atoms with Gasteiger partial charge in [0.05, 0.1) is 5.02 Å². The maximum Gasteiger partial charge on any atom is 0.270 e. The molecular formula is C16H24ClN3O. The molecule has 0 radical (unpaired) electrons. The minimum atomic E-state index is 0.0988. The molecule has 5 heteroatoms. The first-order valence-corrected chi connectivity index (χ1v) is 8.35. The lowest BCUT2D eigenvalue weighted by atomic mass is 9.98. The average Bonchev–Trinajstić information content (AvgIpc) is 3.00. The van der Waals surface area contributed by atoms with Crippen LogP contribution in [-0.4, -0.2) is 40.5 Å². The molecule has 2 unspecified atom stereocenters. The predicted molar refractivity (Wildman–Crippen MR) is 84.8 cm³/mol. The van der Waals surface area contributed by atoms with Gasteiger partial charge in [-0.15, -0.1) is 0 Å². The largest absolute Gasteiger partial charge is 0.342 e. The highest BCUT2D eigenvalue weighted by Crippen LogP contribution is 2.30. The fraction of sp³-hybridized carbons (Fsp3) is 0.688. The molecule has 1 aromatic rings. The number of rotatable bonds is 4. The number of piperidine rings is 1. The van der Waals surface area contributed by atoms with Gasteiger partial charge in [0.25, 0.3) is 5.91 Å². The molecule has 1 amide bonds. The number of hydrogen-bond donors (Lipinski definition) is 1. The molecular weight excluding hydrogens is 286 g/mol. The van der Waals surface area contributed by atoms with Crippen LogP contribution in [0.25, 0.3) is 0 Å². The summed E-state index contributed by atoms with van der Waals surface area (Å²) in [4.78, 5) is 14.7. The van der Waals surface area contributed by atoms with Crippen LogP contribution in [-0.2, 0) is 6.54 Å². The van der Waals surface area contributed by atoms with E-state index in [9.17, 15) is 4.79 Å². The first kappa shape index (κ1) is 14.9. The van der Waals surface area contributed by atoms with Gasteiger partial charge >= 0.3 is 0 Å². The molecule has 21 heavy (non-hydrogen) atoms. The van der Waals surface area contributed by atoms with E-state index in [4.69, 9.17) is 11.6 Å². The molecule has 0 aliphatic carbocycles. The van der Waals surface area contributed by atoms with Gasteiger partial charge in [-0.3, -0.25) is 4.79 Å². The van der Waals surface area contributed by atoms with Crippen LogP contribution in [0.15, 0.2) is 12.3 Å². The Hall–Kier alpha value is -1.00. The molecule has 116 valence electrons. The molecule has 2 atom stereocenters. The number of hydrogen-bond acceptors (Lipinski definition) is 2. The zero-order chi connectivity index (χ0) is 15.0. The fourth-order valence-corrected chi connectivity index (χ4v) is 3.99.